The van der Waals surface area contributed by atoms with Gasteiger partial charge in [0.25, 0.3) is 0 Å². The van der Waals surface area contributed by atoms with Gasteiger partial charge in [-0.2, -0.15) is 4.72 Å². The molecule has 0 radical (unpaired) electrons. The maximum absolute atomic E-state index is 13.0. The molecule has 8 heteroatoms. The molecule has 4 aromatic rings. The Bertz CT molecular complexity index is 1440. The summed E-state index contributed by atoms with van der Waals surface area (Å²) in [6.45, 7) is 2.05. The number of carboxylic acids is 1. The lowest BCUT2D eigenvalue weighted by molar-refractivity contribution is -0.138. The van der Waals surface area contributed by atoms with Crippen LogP contribution in [-0.2, 0) is 21.2 Å². The smallest absolute Gasteiger partial charge is 0.322 e. The first-order chi connectivity index (χ1) is 15.8. The molecule has 1 heterocycles. The monoisotopic (exact) mass is 465 g/mol. The Labute approximate surface area is 191 Å². The van der Waals surface area contributed by atoms with Gasteiger partial charge in [0.15, 0.2) is 5.78 Å². The van der Waals surface area contributed by atoms with Crippen molar-refractivity contribution in [1.29, 1.82) is 0 Å². The third-order valence-corrected chi connectivity index (χ3v) is 6.93. The van der Waals surface area contributed by atoms with Crippen molar-refractivity contribution in [2.75, 3.05) is 0 Å². The van der Waals surface area contributed by atoms with Gasteiger partial charge in [-0.05, 0) is 36.2 Å². The van der Waals surface area contributed by atoms with Crippen LogP contribution in [0, 0.1) is 0 Å². The van der Waals surface area contributed by atoms with E-state index in [0.29, 0.717) is 22.1 Å². The topological polar surface area (TPSA) is 114 Å². The van der Waals surface area contributed by atoms with Crippen LogP contribution >= 0.6 is 0 Å². The molecule has 170 valence electrons. The van der Waals surface area contributed by atoms with Crippen LogP contribution in [0.2, 0.25) is 0 Å². The molecule has 0 bridgehead atoms. The zero-order chi connectivity index (χ0) is 23.6. The van der Waals surface area contributed by atoms with Gasteiger partial charge >= 0.3 is 5.97 Å². The summed E-state index contributed by atoms with van der Waals surface area (Å²) in [5, 5.41) is 10.9. The number of carboxylic acid groups (broad SMARTS) is 1. The molecule has 0 spiro atoms. The van der Waals surface area contributed by atoms with Crippen molar-refractivity contribution in [3.63, 3.8) is 0 Å². The molecule has 33 heavy (non-hydrogen) atoms. The van der Waals surface area contributed by atoms with Crippen LogP contribution in [-0.4, -0.2) is 31.3 Å². The number of furan rings is 1. The minimum Gasteiger partial charge on any atom is -0.480 e. The first kappa shape index (κ1) is 22.7. The van der Waals surface area contributed by atoms with Crippen LogP contribution in [0.5, 0.6) is 0 Å². The van der Waals surface area contributed by atoms with Crippen molar-refractivity contribution in [3.8, 4) is 0 Å². The van der Waals surface area contributed by atoms with E-state index < -0.39 is 34.2 Å². The van der Waals surface area contributed by atoms with Crippen molar-refractivity contribution in [1.82, 2.24) is 4.72 Å². The number of Topliss-reactive ketones (excluding diaryl/α,β-unsaturated/α-hetero) is 1. The van der Waals surface area contributed by atoms with E-state index in [1.54, 1.807) is 18.2 Å². The van der Waals surface area contributed by atoms with Crippen LogP contribution in [0.4, 0.5) is 0 Å². The Balaban J connectivity index is 1.57. The SMILES string of the molecule is CCCc1ccc(C(=O)CC(NS(=O)(=O)c2ccc3oc4ccccc4c3c2)C(=O)O)cc1. The molecular weight excluding hydrogens is 442 g/mol. The van der Waals surface area contributed by atoms with Gasteiger partial charge < -0.3 is 9.52 Å². The summed E-state index contributed by atoms with van der Waals surface area (Å²) in [6.07, 6.45) is 1.34. The average molecular weight is 466 g/mol. The zero-order valence-electron chi connectivity index (χ0n) is 17.9. The fraction of sp³-hybridized carbons (Fsp3) is 0.200. The second-order valence-corrected chi connectivity index (χ2v) is 9.56. The molecule has 7 nitrogen and oxygen atoms in total. The summed E-state index contributed by atoms with van der Waals surface area (Å²) in [5.74, 6) is -1.88. The van der Waals surface area contributed by atoms with Crippen molar-refractivity contribution in [3.05, 3.63) is 77.9 Å². The van der Waals surface area contributed by atoms with E-state index in [4.69, 9.17) is 4.42 Å². The maximum Gasteiger partial charge on any atom is 0.322 e. The predicted molar refractivity (Wildman–Crippen MR) is 125 cm³/mol. The molecule has 0 aliphatic carbocycles. The number of nitrogens with one attached hydrogen (secondary N) is 1. The van der Waals surface area contributed by atoms with Crippen LogP contribution in [0.1, 0.15) is 35.7 Å². The molecule has 0 aliphatic heterocycles. The summed E-state index contributed by atoms with van der Waals surface area (Å²) in [4.78, 5) is 24.3. The number of hydrogen-bond acceptors (Lipinski definition) is 5. The molecule has 0 saturated carbocycles. The van der Waals surface area contributed by atoms with E-state index in [0.717, 1.165) is 23.8 Å². The van der Waals surface area contributed by atoms with Crippen molar-refractivity contribution in [2.45, 2.75) is 37.1 Å². The van der Waals surface area contributed by atoms with E-state index in [2.05, 4.69) is 11.6 Å². The van der Waals surface area contributed by atoms with Crippen molar-refractivity contribution in [2.24, 2.45) is 0 Å². The van der Waals surface area contributed by atoms with Gasteiger partial charge in [-0.3, -0.25) is 9.59 Å². The van der Waals surface area contributed by atoms with E-state index >= 15 is 0 Å². The lowest BCUT2D eigenvalue weighted by Crippen LogP contribution is -2.42. The Morgan fingerprint density at radius 3 is 2.36 bits per heavy atom. The Hall–Kier alpha value is -3.49. The Kier molecular flexibility index (Phi) is 6.31. The van der Waals surface area contributed by atoms with Crippen LogP contribution in [0.25, 0.3) is 21.9 Å². The first-order valence-corrected chi connectivity index (χ1v) is 12.1. The summed E-state index contributed by atoms with van der Waals surface area (Å²) in [7, 11) is -4.21. The summed E-state index contributed by atoms with van der Waals surface area (Å²) in [6, 6.07) is 16.9. The third-order valence-electron chi connectivity index (χ3n) is 5.46. The molecular formula is C25H23NO6S. The van der Waals surface area contributed by atoms with Crippen LogP contribution in [0.3, 0.4) is 0 Å². The molecule has 0 aliphatic rings. The maximum atomic E-state index is 13.0. The summed E-state index contributed by atoms with van der Waals surface area (Å²) in [5.41, 5.74) is 2.55. The highest BCUT2D eigenvalue weighted by atomic mass is 32.2. The van der Waals surface area contributed by atoms with Gasteiger partial charge in [0.1, 0.15) is 17.2 Å². The van der Waals surface area contributed by atoms with Gasteiger partial charge in [0.2, 0.25) is 10.0 Å². The number of sulfonamides is 1. The zero-order valence-corrected chi connectivity index (χ0v) is 18.8. The highest BCUT2D eigenvalue weighted by molar-refractivity contribution is 7.89. The first-order valence-electron chi connectivity index (χ1n) is 10.6. The molecule has 1 aromatic heterocycles. The van der Waals surface area contributed by atoms with E-state index in [-0.39, 0.29) is 4.90 Å². The molecule has 1 unspecified atom stereocenters. The minimum absolute atomic E-state index is 0.107. The van der Waals surface area contributed by atoms with Crippen molar-refractivity contribution >= 4 is 43.7 Å². The summed E-state index contributed by atoms with van der Waals surface area (Å²) < 4.78 is 33.8. The fourth-order valence-electron chi connectivity index (χ4n) is 3.76. The molecule has 0 fully saturated rings. The normalized spacial score (nSPS) is 12.8. The highest BCUT2D eigenvalue weighted by Crippen LogP contribution is 2.30. The second-order valence-electron chi connectivity index (χ2n) is 7.84. The van der Waals surface area contributed by atoms with E-state index in [9.17, 15) is 23.1 Å². The second kappa shape index (κ2) is 9.17. The third kappa shape index (κ3) is 4.81. The van der Waals surface area contributed by atoms with Gasteiger partial charge in [0, 0.05) is 22.8 Å². The van der Waals surface area contributed by atoms with Crippen molar-refractivity contribution < 1.29 is 27.5 Å². The molecule has 0 saturated heterocycles. The number of para-hydroxylation sites is 1. The van der Waals surface area contributed by atoms with Gasteiger partial charge in [-0.1, -0.05) is 55.8 Å². The van der Waals surface area contributed by atoms with E-state index in [1.165, 1.54) is 18.2 Å². The number of ketones is 1. The fourth-order valence-corrected chi connectivity index (χ4v) is 4.97. The van der Waals surface area contributed by atoms with E-state index in [1.807, 2.05) is 30.3 Å². The number of carbonyl (C=O) groups excluding carboxylic acids is 1. The largest absolute Gasteiger partial charge is 0.480 e. The Morgan fingerprint density at radius 2 is 1.67 bits per heavy atom. The molecule has 3 aromatic carbocycles. The Morgan fingerprint density at radius 1 is 0.970 bits per heavy atom. The highest BCUT2D eigenvalue weighted by Gasteiger charge is 2.28. The number of carbonyl (C=O) groups is 2. The number of aryl methyl sites for hydroxylation is 1. The van der Waals surface area contributed by atoms with Crippen LogP contribution in [0.15, 0.2) is 76.0 Å². The number of rotatable bonds is 9. The standard InChI is InChI=1S/C25H23NO6S/c1-2-5-16-8-10-17(11-9-16)22(27)15-21(25(28)29)26-33(30,31)18-12-13-24-20(14-18)19-6-3-4-7-23(19)32-24/h3-4,6-14,21,26H,2,5,15H2,1H3,(H,28,29). The van der Waals surface area contributed by atoms with Gasteiger partial charge in [0.05, 0.1) is 4.90 Å². The minimum atomic E-state index is -4.21. The molecule has 1 atom stereocenters. The number of fused-ring (bicyclic) bond motifs is 3. The molecule has 4 rings (SSSR count). The lowest BCUT2D eigenvalue weighted by atomic mass is 10.0. The molecule has 0 amide bonds. The number of hydrogen-bond donors (Lipinski definition) is 2. The van der Waals surface area contributed by atoms with Crippen LogP contribution < -0.4 is 4.72 Å². The average Bonchev–Trinajstić information content (AvgIpc) is 3.17. The van der Waals surface area contributed by atoms with Gasteiger partial charge in [-0.25, -0.2) is 8.42 Å². The predicted octanol–water partition coefficient (Wildman–Crippen LogP) is 4.54. The summed E-state index contributed by atoms with van der Waals surface area (Å²) >= 11 is 0. The molecule has 2 N–H and O–H groups in total. The number of benzene rings is 3. The number of aliphatic carboxylic acids is 1. The van der Waals surface area contributed by atoms with Gasteiger partial charge in [-0.15, -0.1) is 0 Å². The lowest BCUT2D eigenvalue weighted by Gasteiger charge is -2.14. The quantitative estimate of drug-likeness (QED) is 0.351.